The SMILES string of the molecule is [B]c1ccc2c(c1)C1(CCO2)N=C(N)N(C)O1. The summed E-state index contributed by atoms with van der Waals surface area (Å²) < 4.78 is 5.57. The van der Waals surface area contributed by atoms with Gasteiger partial charge in [-0.1, -0.05) is 17.6 Å². The number of benzene rings is 1. The summed E-state index contributed by atoms with van der Waals surface area (Å²) in [6, 6.07) is 5.45. The maximum absolute atomic E-state index is 5.80. The van der Waals surface area contributed by atoms with Crippen molar-refractivity contribution in [1.82, 2.24) is 5.06 Å². The minimum Gasteiger partial charge on any atom is -0.493 e. The van der Waals surface area contributed by atoms with E-state index in [0.717, 1.165) is 11.3 Å². The molecule has 86 valence electrons. The molecule has 0 bridgehead atoms. The van der Waals surface area contributed by atoms with Gasteiger partial charge in [0.25, 0.3) is 0 Å². The molecular formula is C11H12BN3O2. The number of aliphatic imine (C=N–C) groups is 1. The number of hydrogen-bond acceptors (Lipinski definition) is 5. The monoisotopic (exact) mass is 229 g/mol. The lowest BCUT2D eigenvalue weighted by Gasteiger charge is -2.32. The molecule has 3 rings (SSSR count). The second kappa shape index (κ2) is 3.40. The molecule has 2 aliphatic rings. The van der Waals surface area contributed by atoms with Crippen LogP contribution >= 0.6 is 0 Å². The molecule has 5 nitrogen and oxygen atoms in total. The summed E-state index contributed by atoms with van der Waals surface area (Å²) in [6.07, 6.45) is 0.620. The fraction of sp³-hybridized carbons (Fsp3) is 0.364. The Morgan fingerprint density at radius 1 is 1.53 bits per heavy atom. The Labute approximate surface area is 101 Å². The van der Waals surface area contributed by atoms with E-state index in [0.29, 0.717) is 24.5 Å². The van der Waals surface area contributed by atoms with E-state index in [1.165, 1.54) is 5.06 Å². The zero-order valence-corrected chi connectivity index (χ0v) is 9.51. The first-order chi connectivity index (χ1) is 8.11. The van der Waals surface area contributed by atoms with E-state index in [2.05, 4.69) is 4.99 Å². The summed E-state index contributed by atoms with van der Waals surface area (Å²) >= 11 is 0. The van der Waals surface area contributed by atoms with E-state index in [1.807, 2.05) is 12.1 Å². The first-order valence-electron chi connectivity index (χ1n) is 5.42. The molecule has 1 aromatic carbocycles. The third-order valence-electron chi connectivity index (χ3n) is 3.03. The zero-order chi connectivity index (χ0) is 12.0. The van der Waals surface area contributed by atoms with Gasteiger partial charge >= 0.3 is 0 Å². The molecule has 1 unspecified atom stereocenters. The fourth-order valence-electron chi connectivity index (χ4n) is 2.17. The molecule has 1 atom stereocenters. The van der Waals surface area contributed by atoms with Gasteiger partial charge in [0, 0.05) is 13.5 Å². The smallest absolute Gasteiger partial charge is 0.221 e. The fourth-order valence-corrected chi connectivity index (χ4v) is 2.17. The van der Waals surface area contributed by atoms with Gasteiger partial charge in [-0.05, 0) is 6.07 Å². The number of hydrogen-bond donors (Lipinski definition) is 1. The summed E-state index contributed by atoms with van der Waals surface area (Å²) in [5.41, 5.74) is 6.46. The first kappa shape index (κ1) is 10.5. The van der Waals surface area contributed by atoms with Crippen LogP contribution in [0.4, 0.5) is 0 Å². The Morgan fingerprint density at radius 3 is 3.06 bits per heavy atom. The van der Waals surface area contributed by atoms with Crippen molar-refractivity contribution in [3.63, 3.8) is 0 Å². The van der Waals surface area contributed by atoms with Crippen LogP contribution < -0.4 is 15.9 Å². The highest BCUT2D eigenvalue weighted by Gasteiger charge is 2.45. The van der Waals surface area contributed by atoms with Gasteiger partial charge in [-0.15, -0.1) is 0 Å². The molecule has 2 aliphatic heterocycles. The molecule has 0 aromatic heterocycles. The lowest BCUT2D eigenvalue weighted by Crippen LogP contribution is -2.35. The van der Waals surface area contributed by atoms with Crippen LogP contribution in [0.15, 0.2) is 23.2 Å². The van der Waals surface area contributed by atoms with Crippen molar-refractivity contribution in [3.8, 4) is 5.75 Å². The molecule has 0 aliphatic carbocycles. The molecule has 1 spiro atoms. The van der Waals surface area contributed by atoms with Crippen molar-refractivity contribution in [2.45, 2.75) is 12.1 Å². The van der Waals surface area contributed by atoms with Gasteiger partial charge in [0.1, 0.15) is 13.6 Å². The minimum absolute atomic E-state index is 0.361. The van der Waals surface area contributed by atoms with Gasteiger partial charge in [0.05, 0.1) is 12.2 Å². The van der Waals surface area contributed by atoms with E-state index >= 15 is 0 Å². The van der Waals surface area contributed by atoms with Gasteiger partial charge in [-0.3, -0.25) is 0 Å². The summed E-state index contributed by atoms with van der Waals surface area (Å²) in [5.74, 6) is 1.11. The number of nitrogens with two attached hydrogens (primary N) is 1. The van der Waals surface area contributed by atoms with E-state index in [1.54, 1.807) is 13.1 Å². The van der Waals surface area contributed by atoms with E-state index in [-0.39, 0.29) is 0 Å². The highest BCUT2D eigenvalue weighted by atomic mass is 16.7. The Hall–Kier alpha value is -1.69. The van der Waals surface area contributed by atoms with E-state index in [4.69, 9.17) is 23.2 Å². The molecule has 2 N–H and O–H groups in total. The third kappa shape index (κ3) is 1.48. The van der Waals surface area contributed by atoms with Crippen molar-refractivity contribution in [1.29, 1.82) is 0 Å². The number of nitrogens with zero attached hydrogens (tertiary/aromatic N) is 2. The predicted octanol–water partition coefficient (Wildman–Crippen LogP) is -0.393. The molecule has 2 heterocycles. The molecule has 6 heteroatoms. The predicted molar refractivity (Wildman–Crippen MR) is 64.1 cm³/mol. The van der Waals surface area contributed by atoms with Crippen molar-refractivity contribution in [2.24, 2.45) is 10.7 Å². The second-order valence-electron chi connectivity index (χ2n) is 4.20. The van der Waals surface area contributed by atoms with Gasteiger partial charge in [0.15, 0.2) is 0 Å². The molecule has 0 saturated heterocycles. The van der Waals surface area contributed by atoms with Crippen molar-refractivity contribution < 1.29 is 9.57 Å². The standard InChI is InChI=1S/C11H12BN3O2/c1-15-10(13)14-11(17-15)4-5-16-9-3-2-7(12)6-8(9)11/h2-3,6H,4-5H2,1H3,(H2,13,14). The molecule has 0 amide bonds. The second-order valence-corrected chi connectivity index (χ2v) is 4.20. The van der Waals surface area contributed by atoms with Crippen LogP contribution in [-0.4, -0.2) is 32.5 Å². The topological polar surface area (TPSA) is 60.1 Å². The highest BCUT2D eigenvalue weighted by molar-refractivity contribution is 6.32. The van der Waals surface area contributed by atoms with E-state index in [9.17, 15) is 0 Å². The molecular weight excluding hydrogens is 217 g/mol. The Kier molecular flexibility index (Phi) is 2.09. The minimum atomic E-state index is -0.776. The highest BCUT2D eigenvalue weighted by Crippen LogP contribution is 2.43. The Morgan fingerprint density at radius 2 is 2.35 bits per heavy atom. The third-order valence-corrected chi connectivity index (χ3v) is 3.03. The van der Waals surface area contributed by atoms with Gasteiger partial charge in [-0.2, -0.15) is 0 Å². The zero-order valence-electron chi connectivity index (χ0n) is 9.51. The number of ether oxygens (including phenoxy) is 1. The van der Waals surface area contributed by atoms with Crippen LogP contribution in [0.1, 0.15) is 12.0 Å². The average Bonchev–Trinajstić information content (AvgIpc) is 2.57. The van der Waals surface area contributed by atoms with Crippen molar-refractivity contribution >= 4 is 19.3 Å². The van der Waals surface area contributed by atoms with E-state index < -0.39 is 5.72 Å². The van der Waals surface area contributed by atoms with Gasteiger partial charge in [0.2, 0.25) is 11.7 Å². The lowest BCUT2D eigenvalue weighted by atomic mass is 9.88. The number of fused-ring (bicyclic) bond motifs is 2. The molecule has 1 aromatic rings. The number of rotatable bonds is 0. The molecule has 17 heavy (non-hydrogen) atoms. The van der Waals surface area contributed by atoms with Crippen LogP contribution in [0, 0.1) is 0 Å². The van der Waals surface area contributed by atoms with Gasteiger partial charge < -0.3 is 10.5 Å². The largest absolute Gasteiger partial charge is 0.493 e. The average molecular weight is 229 g/mol. The van der Waals surface area contributed by atoms with Crippen molar-refractivity contribution in [2.75, 3.05) is 13.7 Å². The molecule has 2 radical (unpaired) electrons. The Balaban J connectivity index is 2.14. The number of guanidine groups is 1. The van der Waals surface area contributed by atoms with Crippen LogP contribution in [-0.2, 0) is 10.6 Å². The van der Waals surface area contributed by atoms with Crippen molar-refractivity contribution in [3.05, 3.63) is 23.8 Å². The quantitative estimate of drug-likeness (QED) is 0.615. The van der Waals surface area contributed by atoms with Crippen LogP contribution in [0.25, 0.3) is 0 Å². The van der Waals surface area contributed by atoms with Crippen LogP contribution in [0.5, 0.6) is 5.75 Å². The number of hydroxylamine groups is 2. The van der Waals surface area contributed by atoms with Crippen LogP contribution in [0.2, 0.25) is 0 Å². The van der Waals surface area contributed by atoms with Gasteiger partial charge in [-0.25, -0.2) is 14.9 Å². The Bertz CT molecular complexity index is 505. The summed E-state index contributed by atoms with van der Waals surface area (Å²) in [6.45, 7) is 0.543. The normalized spacial score (nSPS) is 26.6. The summed E-state index contributed by atoms with van der Waals surface area (Å²) in [4.78, 5) is 10.2. The summed E-state index contributed by atoms with van der Waals surface area (Å²) in [5, 5.41) is 1.47. The maximum Gasteiger partial charge on any atom is 0.221 e. The van der Waals surface area contributed by atoms with Crippen LogP contribution in [0.3, 0.4) is 0 Å². The molecule has 0 saturated carbocycles. The lowest BCUT2D eigenvalue weighted by molar-refractivity contribution is -0.183. The molecule has 0 fully saturated rings. The maximum atomic E-state index is 5.80. The summed E-state index contributed by atoms with van der Waals surface area (Å²) in [7, 11) is 7.53. The first-order valence-corrected chi connectivity index (χ1v) is 5.42.